The molecule has 0 saturated carbocycles. The molecule has 0 fully saturated rings. The Kier molecular flexibility index (Phi) is 6.91. The van der Waals surface area contributed by atoms with Gasteiger partial charge in [0.2, 0.25) is 0 Å². The van der Waals surface area contributed by atoms with Crippen LogP contribution in [0.1, 0.15) is 38.7 Å². The number of esters is 2. The lowest BCUT2D eigenvalue weighted by Gasteiger charge is -2.38. The number of hydrogen-bond donors (Lipinski definition) is 1. The average molecular weight is 443 g/mol. The van der Waals surface area contributed by atoms with E-state index in [0.29, 0.717) is 46.0 Å². The van der Waals surface area contributed by atoms with Crippen molar-refractivity contribution in [2.75, 3.05) is 27.9 Å². The number of methoxy groups -OCH3 is 3. The summed E-state index contributed by atoms with van der Waals surface area (Å²) in [6.45, 7) is 5.54. The minimum atomic E-state index is -0.940. The van der Waals surface area contributed by atoms with E-state index in [4.69, 9.17) is 18.9 Å². The normalized spacial score (nSPS) is 22.7. The zero-order valence-corrected chi connectivity index (χ0v) is 19.2. The summed E-state index contributed by atoms with van der Waals surface area (Å²) in [7, 11) is 4.32. The maximum atomic E-state index is 13.6. The van der Waals surface area contributed by atoms with Crippen LogP contribution < -0.4 is 14.8 Å². The summed E-state index contributed by atoms with van der Waals surface area (Å²) in [5, 5.41) is 3.23. The Bertz CT molecular complexity index is 1010. The fourth-order valence-corrected chi connectivity index (χ4v) is 4.53. The summed E-state index contributed by atoms with van der Waals surface area (Å²) >= 11 is 0. The molecule has 1 aliphatic heterocycles. The van der Waals surface area contributed by atoms with E-state index >= 15 is 0 Å². The Morgan fingerprint density at radius 1 is 1.12 bits per heavy atom. The number of benzene rings is 1. The van der Waals surface area contributed by atoms with Gasteiger partial charge in [-0.15, -0.1) is 0 Å². The maximum absolute atomic E-state index is 13.6. The minimum absolute atomic E-state index is 0.190. The topological polar surface area (TPSA) is 100 Å². The van der Waals surface area contributed by atoms with Gasteiger partial charge in [0.15, 0.2) is 17.3 Å². The molecular formula is C24H29NO7. The zero-order valence-electron chi connectivity index (χ0n) is 19.2. The first-order valence-electron chi connectivity index (χ1n) is 10.5. The van der Waals surface area contributed by atoms with Gasteiger partial charge in [-0.2, -0.15) is 0 Å². The molecular weight excluding hydrogens is 414 g/mol. The zero-order chi connectivity index (χ0) is 23.6. The number of ketones is 1. The Morgan fingerprint density at radius 3 is 2.41 bits per heavy atom. The molecule has 3 rings (SSSR count). The van der Waals surface area contributed by atoms with Crippen molar-refractivity contribution in [3.05, 3.63) is 46.3 Å². The van der Waals surface area contributed by atoms with E-state index in [1.165, 1.54) is 21.3 Å². The first-order valence-corrected chi connectivity index (χ1v) is 10.5. The first kappa shape index (κ1) is 23.4. The molecule has 3 atom stereocenters. The Hall–Kier alpha value is -3.29. The SMILES string of the molecule is CCOC(=O)C1=C(C)NC2=C(C(=O)[C@H](C(=O)OC)[C@@H](C)C2)[C@H]1c1ccc(OC)c(OC)c1. The number of Topliss-reactive ketones (excluding diaryl/α,β-unsaturated/α-hetero) is 1. The van der Waals surface area contributed by atoms with Crippen LogP contribution in [0, 0.1) is 11.8 Å². The lowest BCUT2D eigenvalue weighted by Crippen LogP contribution is -2.43. The molecule has 8 heteroatoms. The molecule has 1 aromatic carbocycles. The molecule has 1 heterocycles. The van der Waals surface area contributed by atoms with Crippen LogP contribution in [0.25, 0.3) is 0 Å². The molecule has 0 radical (unpaired) electrons. The summed E-state index contributed by atoms with van der Waals surface area (Å²) < 4.78 is 21.0. The Morgan fingerprint density at radius 2 is 1.81 bits per heavy atom. The second kappa shape index (κ2) is 9.46. The molecule has 0 aromatic heterocycles. The minimum Gasteiger partial charge on any atom is -0.493 e. The second-order valence-corrected chi connectivity index (χ2v) is 7.87. The van der Waals surface area contributed by atoms with Gasteiger partial charge in [-0.3, -0.25) is 9.59 Å². The second-order valence-electron chi connectivity index (χ2n) is 7.87. The number of nitrogens with one attached hydrogen (secondary N) is 1. The number of carbonyl (C=O) groups is 3. The smallest absolute Gasteiger partial charge is 0.336 e. The number of carbonyl (C=O) groups excluding carboxylic acids is 3. The number of allylic oxidation sites excluding steroid dienone is 3. The van der Waals surface area contributed by atoms with Crippen molar-refractivity contribution in [1.82, 2.24) is 5.32 Å². The van der Waals surface area contributed by atoms with Gasteiger partial charge in [-0.1, -0.05) is 13.0 Å². The van der Waals surface area contributed by atoms with Crippen LogP contribution in [0.3, 0.4) is 0 Å². The fourth-order valence-electron chi connectivity index (χ4n) is 4.53. The molecule has 8 nitrogen and oxygen atoms in total. The van der Waals surface area contributed by atoms with Gasteiger partial charge >= 0.3 is 11.9 Å². The van der Waals surface area contributed by atoms with E-state index in [1.807, 2.05) is 6.92 Å². The van der Waals surface area contributed by atoms with E-state index in [0.717, 1.165) is 0 Å². The van der Waals surface area contributed by atoms with Crippen molar-refractivity contribution in [3.63, 3.8) is 0 Å². The van der Waals surface area contributed by atoms with Gasteiger partial charge in [0.05, 0.1) is 33.5 Å². The van der Waals surface area contributed by atoms with Gasteiger partial charge in [0, 0.05) is 22.9 Å². The van der Waals surface area contributed by atoms with E-state index in [1.54, 1.807) is 32.0 Å². The van der Waals surface area contributed by atoms with E-state index in [9.17, 15) is 14.4 Å². The Balaban J connectivity index is 2.23. The molecule has 1 aromatic rings. The van der Waals surface area contributed by atoms with Crippen LogP contribution in [-0.4, -0.2) is 45.7 Å². The van der Waals surface area contributed by atoms with Crippen molar-refractivity contribution < 1.29 is 33.3 Å². The predicted molar refractivity (Wildman–Crippen MR) is 116 cm³/mol. The summed E-state index contributed by atoms with van der Waals surface area (Å²) in [5.74, 6) is -2.38. The molecule has 0 amide bonds. The molecule has 1 aliphatic carbocycles. The standard InChI is InChI=1S/C24H29NO7/c1-7-32-24(28)19-13(3)25-15-10-12(2)18(23(27)31-6)22(26)21(15)20(19)14-8-9-16(29-4)17(11-14)30-5/h8-9,11-12,18,20,25H,7,10H2,1-6H3/t12-,18+,20-/m0/s1. The molecule has 0 unspecified atom stereocenters. The highest BCUT2D eigenvalue weighted by Gasteiger charge is 2.47. The van der Waals surface area contributed by atoms with Crippen molar-refractivity contribution >= 4 is 17.7 Å². The average Bonchev–Trinajstić information content (AvgIpc) is 2.77. The van der Waals surface area contributed by atoms with Crippen LogP contribution in [0.4, 0.5) is 0 Å². The Labute approximate surface area is 187 Å². The summed E-state index contributed by atoms with van der Waals surface area (Å²) in [4.78, 5) is 39.1. The van der Waals surface area contributed by atoms with Crippen LogP contribution in [0.2, 0.25) is 0 Å². The molecule has 172 valence electrons. The lowest BCUT2D eigenvalue weighted by atomic mass is 9.69. The third-order valence-corrected chi connectivity index (χ3v) is 5.98. The molecule has 2 aliphatic rings. The van der Waals surface area contributed by atoms with Gasteiger partial charge in [0.1, 0.15) is 5.92 Å². The number of hydrogen-bond acceptors (Lipinski definition) is 8. The van der Waals surface area contributed by atoms with Gasteiger partial charge in [-0.25, -0.2) is 4.79 Å². The predicted octanol–water partition coefficient (Wildman–Crippen LogP) is 2.88. The van der Waals surface area contributed by atoms with Gasteiger partial charge < -0.3 is 24.3 Å². The number of ether oxygens (including phenoxy) is 4. The van der Waals surface area contributed by atoms with Crippen LogP contribution >= 0.6 is 0 Å². The lowest BCUT2D eigenvalue weighted by molar-refractivity contribution is -0.151. The highest BCUT2D eigenvalue weighted by molar-refractivity contribution is 6.12. The van der Waals surface area contributed by atoms with Gasteiger partial charge in [0.25, 0.3) is 0 Å². The van der Waals surface area contributed by atoms with Gasteiger partial charge in [-0.05, 0) is 43.9 Å². The van der Waals surface area contributed by atoms with Crippen molar-refractivity contribution in [1.29, 1.82) is 0 Å². The molecule has 0 bridgehead atoms. The van der Waals surface area contributed by atoms with Crippen LogP contribution in [0.15, 0.2) is 40.7 Å². The molecule has 0 spiro atoms. The van der Waals surface area contributed by atoms with Crippen molar-refractivity contribution in [2.24, 2.45) is 11.8 Å². The third-order valence-electron chi connectivity index (χ3n) is 5.98. The quantitative estimate of drug-likeness (QED) is 0.529. The van der Waals surface area contributed by atoms with E-state index in [-0.39, 0.29) is 18.3 Å². The molecule has 1 N–H and O–H groups in total. The van der Waals surface area contributed by atoms with E-state index in [2.05, 4.69) is 5.32 Å². The largest absolute Gasteiger partial charge is 0.493 e. The fraction of sp³-hybridized carbons (Fsp3) is 0.458. The summed E-state index contributed by atoms with van der Waals surface area (Å²) in [5.41, 5.74) is 2.67. The van der Waals surface area contributed by atoms with Crippen LogP contribution in [0.5, 0.6) is 11.5 Å². The van der Waals surface area contributed by atoms with E-state index < -0.39 is 23.8 Å². The maximum Gasteiger partial charge on any atom is 0.336 e. The number of rotatable bonds is 6. The van der Waals surface area contributed by atoms with Crippen molar-refractivity contribution in [3.8, 4) is 11.5 Å². The highest BCUT2D eigenvalue weighted by atomic mass is 16.5. The number of dihydropyridines is 1. The highest BCUT2D eigenvalue weighted by Crippen LogP contribution is 2.46. The third kappa shape index (κ3) is 3.97. The molecule has 32 heavy (non-hydrogen) atoms. The summed E-state index contributed by atoms with van der Waals surface area (Å²) in [6, 6.07) is 5.25. The molecule has 0 saturated heterocycles. The van der Waals surface area contributed by atoms with Crippen LogP contribution in [-0.2, 0) is 23.9 Å². The monoisotopic (exact) mass is 443 g/mol. The first-order chi connectivity index (χ1) is 15.3. The summed E-state index contributed by atoms with van der Waals surface area (Å²) in [6.07, 6.45) is 0.470. The van der Waals surface area contributed by atoms with Crippen molar-refractivity contribution in [2.45, 2.75) is 33.1 Å².